The van der Waals surface area contributed by atoms with E-state index < -0.39 is 94.4 Å². The van der Waals surface area contributed by atoms with E-state index in [0.29, 0.717) is 0 Å². The van der Waals surface area contributed by atoms with Crippen LogP contribution in [0.15, 0.2) is 0 Å². The summed E-state index contributed by atoms with van der Waals surface area (Å²) in [5, 5.41) is 40.0. The van der Waals surface area contributed by atoms with Crippen LogP contribution in [-0.2, 0) is 48.6 Å². The van der Waals surface area contributed by atoms with Gasteiger partial charge in [-0.25, -0.2) is 8.98 Å². The second kappa shape index (κ2) is 10.7. The predicted octanol–water partition coefficient (Wildman–Crippen LogP) is -4.35. The van der Waals surface area contributed by atoms with Crippen molar-refractivity contribution in [2.24, 2.45) is 0 Å². The summed E-state index contributed by atoms with van der Waals surface area (Å²) in [7, 11) is -9.05. The van der Waals surface area contributed by atoms with Crippen LogP contribution < -0.4 is 4.72 Å². The standard InChI is InChI=1S/C14H25NO16S2/c1-4-9(31-33(24,25)26)8(18)11(12(28-4)13(19)20)30-14-6(15-32(21,22)23)7(17)10(27-2)5(3-16)29-14/h4-12,14-18H,3H2,1-2H3,(H,19,20)(H,21,22,23)(H,24,25,26)/t4-,5?,6?,7-,8-,9?,10+,11+,12?,14-/m0/s1. The summed E-state index contributed by atoms with van der Waals surface area (Å²) in [6, 6.07) is -1.87. The Morgan fingerprint density at radius 2 is 1.64 bits per heavy atom. The van der Waals surface area contributed by atoms with E-state index in [9.17, 15) is 42.1 Å². The predicted molar refractivity (Wildman–Crippen MR) is 100 cm³/mol. The van der Waals surface area contributed by atoms with Gasteiger partial charge in [0.1, 0.15) is 42.7 Å². The number of carboxylic acids is 1. The van der Waals surface area contributed by atoms with Crippen LogP contribution in [0, 0.1) is 0 Å². The summed E-state index contributed by atoms with van der Waals surface area (Å²) in [5.41, 5.74) is 0. The molecule has 2 aliphatic rings. The first kappa shape index (κ1) is 28.2. The maximum absolute atomic E-state index is 11.7. The van der Waals surface area contributed by atoms with Gasteiger partial charge in [-0.1, -0.05) is 0 Å². The Bertz CT molecular complexity index is 895. The molecule has 4 unspecified atom stereocenters. The van der Waals surface area contributed by atoms with Gasteiger partial charge in [0.15, 0.2) is 12.4 Å². The molecular formula is C14H25NO16S2. The Labute approximate surface area is 188 Å². The molecule has 194 valence electrons. The molecule has 17 nitrogen and oxygen atoms in total. The minimum absolute atomic E-state index is 0.786. The lowest BCUT2D eigenvalue weighted by molar-refractivity contribution is -0.317. The number of aliphatic hydroxyl groups excluding tert-OH is 3. The number of ether oxygens (including phenoxy) is 4. The molecule has 0 aliphatic carbocycles. The second-order valence-electron chi connectivity index (χ2n) is 7.22. The van der Waals surface area contributed by atoms with Crippen molar-refractivity contribution in [3.8, 4) is 0 Å². The maximum Gasteiger partial charge on any atom is 0.397 e. The Morgan fingerprint density at radius 1 is 1.03 bits per heavy atom. The topological polar surface area (TPSA) is 265 Å². The monoisotopic (exact) mass is 527 g/mol. The molecule has 0 radical (unpaired) electrons. The van der Waals surface area contributed by atoms with Gasteiger partial charge in [-0.2, -0.15) is 21.6 Å². The number of methoxy groups -OCH3 is 1. The molecule has 0 spiro atoms. The molecule has 2 saturated heterocycles. The molecular weight excluding hydrogens is 502 g/mol. The van der Waals surface area contributed by atoms with E-state index in [2.05, 4.69) is 4.18 Å². The zero-order valence-electron chi connectivity index (χ0n) is 17.1. The lowest BCUT2D eigenvalue weighted by Crippen LogP contribution is -2.68. The van der Waals surface area contributed by atoms with Gasteiger partial charge in [0.05, 0.1) is 12.7 Å². The zero-order valence-corrected chi connectivity index (χ0v) is 18.7. The van der Waals surface area contributed by atoms with Crippen LogP contribution >= 0.6 is 0 Å². The van der Waals surface area contributed by atoms with Crippen molar-refractivity contribution >= 4 is 26.7 Å². The number of rotatable bonds is 9. The highest BCUT2D eigenvalue weighted by Crippen LogP contribution is 2.31. The molecule has 19 heteroatoms. The Kier molecular flexibility index (Phi) is 9.12. The van der Waals surface area contributed by atoms with E-state index in [1.54, 1.807) is 4.72 Å². The minimum atomic E-state index is -5.14. The molecule has 2 fully saturated rings. The Hall–Kier alpha value is -1.07. The van der Waals surface area contributed by atoms with Crippen molar-refractivity contribution in [1.82, 2.24) is 4.72 Å². The first-order valence-corrected chi connectivity index (χ1v) is 12.0. The van der Waals surface area contributed by atoms with Crippen LogP contribution in [0.2, 0.25) is 0 Å². The van der Waals surface area contributed by atoms with Gasteiger partial charge >= 0.3 is 26.7 Å². The van der Waals surface area contributed by atoms with E-state index in [0.717, 1.165) is 14.0 Å². The van der Waals surface area contributed by atoms with Crippen molar-refractivity contribution in [3.63, 3.8) is 0 Å². The van der Waals surface area contributed by atoms with Crippen LogP contribution in [0.1, 0.15) is 6.92 Å². The number of aliphatic hydroxyl groups is 3. The molecule has 0 aromatic heterocycles. The first-order valence-electron chi connectivity index (χ1n) is 9.19. The van der Waals surface area contributed by atoms with E-state index in [1.165, 1.54) is 0 Å². The molecule has 2 heterocycles. The maximum atomic E-state index is 11.7. The van der Waals surface area contributed by atoms with Crippen LogP contribution in [0.5, 0.6) is 0 Å². The van der Waals surface area contributed by atoms with Gasteiger partial charge in [0.25, 0.3) is 0 Å². The SMILES string of the molecule is CO[C@@H]1C(CO)O[C@@H](O[C@H]2C(C(=O)O)O[C@@H](C)C(OS(=O)(=O)O)[C@@H]2O)C(NS(=O)(=O)O)[C@@H]1O. The summed E-state index contributed by atoms with van der Waals surface area (Å²) in [4.78, 5) is 11.7. The van der Waals surface area contributed by atoms with Crippen LogP contribution in [0.25, 0.3) is 0 Å². The average Bonchev–Trinajstić information content (AvgIpc) is 2.67. The fraction of sp³-hybridized carbons (Fsp3) is 0.929. The Morgan fingerprint density at radius 3 is 2.09 bits per heavy atom. The molecule has 2 rings (SSSR count). The minimum Gasteiger partial charge on any atom is -0.479 e. The lowest BCUT2D eigenvalue weighted by atomic mass is 9.94. The van der Waals surface area contributed by atoms with Crippen molar-refractivity contribution in [1.29, 1.82) is 0 Å². The molecule has 0 bridgehead atoms. The first-order chi connectivity index (χ1) is 15.1. The smallest absolute Gasteiger partial charge is 0.397 e. The second-order valence-corrected chi connectivity index (χ2v) is 9.45. The van der Waals surface area contributed by atoms with Crippen LogP contribution in [-0.4, -0.2) is 127 Å². The molecule has 33 heavy (non-hydrogen) atoms. The highest BCUT2D eigenvalue weighted by Gasteiger charge is 2.54. The summed E-state index contributed by atoms with van der Waals surface area (Å²) in [6.07, 6.45) is -15.9. The summed E-state index contributed by atoms with van der Waals surface area (Å²) < 4.78 is 89.8. The molecule has 7 N–H and O–H groups in total. The Balaban J connectivity index is 2.42. The van der Waals surface area contributed by atoms with Crippen molar-refractivity contribution in [2.45, 2.75) is 68.1 Å². The van der Waals surface area contributed by atoms with E-state index >= 15 is 0 Å². The normalized spacial score (nSPS) is 40.5. The number of carbonyl (C=O) groups is 1. The van der Waals surface area contributed by atoms with E-state index in [4.69, 9.17) is 28.1 Å². The third-order valence-electron chi connectivity index (χ3n) is 4.97. The number of nitrogens with one attached hydrogen (secondary N) is 1. The molecule has 0 aromatic rings. The third-order valence-corrected chi connectivity index (χ3v) is 6.01. The fourth-order valence-electron chi connectivity index (χ4n) is 3.58. The largest absolute Gasteiger partial charge is 0.479 e. The highest BCUT2D eigenvalue weighted by molar-refractivity contribution is 7.83. The van der Waals surface area contributed by atoms with Gasteiger partial charge in [0.2, 0.25) is 0 Å². The highest BCUT2D eigenvalue weighted by atomic mass is 32.3. The van der Waals surface area contributed by atoms with Crippen molar-refractivity contribution in [2.75, 3.05) is 13.7 Å². The van der Waals surface area contributed by atoms with Crippen LogP contribution in [0.4, 0.5) is 0 Å². The fourth-order valence-corrected chi connectivity index (χ4v) is 4.73. The molecule has 0 amide bonds. The quantitative estimate of drug-likeness (QED) is 0.140. The van der Waals surface area contributed by atoms with Crippen molar-refractivity contribution < 1.29 is 74.3 Å². The summed E-state index contributed by atoms with van der Waals surface area (Å²) >= 11 is 0. The number of carboxylic acid groups (broad SMARTS) is 1. The number of aliphatic carboxylic acids is 1. The molecule has 10 atom stereocenters. The molecule has 2 aliphatic heterocycles. The number of hydrogen-bond acceptors (Lipinski definition) is 13. The molecule has 0 saturated carbocycles. The zero-order chi connectivity index (χ0) is 25.3. The molecule has 0 aromatic carbocycles. The summed E-state index contributed by atoms with van der Waals surface area (Å²) in [5.74, 6) is -1.69. The third kappa shape index (κ3) is 6.97. The lowest BCUT2D eigenvalue weighted by Gasteiger charge is -2.47. The average molecular weight is 527 g/mol. The van der Waals surface area contributed by atoms with Gasteiger partial charge < -0.3 is 39.4 Å². The van der Waals surface area contributed by atoms with E-state index in [1.807, 2.05) is 0 Å². The van der Waals surface area contributed by atoms with Crippen molar-refractivity contribution in [3.05, 3.63) is 0 Å². The summed E-state index contributed by atoms with van der Waals surface area (Å²) in [6.45, 7) is 0.353. The van der Waals surface area contributed by atoms with Gasteiger partial charge in [-0.15, -0.1) is 0 Å². The van der Waals surface area contributed by atoms with Gasteiger partial charge in [-0.05, 0) is 6.92 Å². The number of hydrogen-bond donors (Lipinski definition) is 7. The van der Waals surface area contributed by atoms with Gasteiger partial charge in [0, 0.05) is 7.11 Å². The van der Waals surface area contributed by atoms with Gasteiger partial charge in [-0.3, -0.25) is 9.11 Å². The van der Waals surface area contributed by atoms with Crippen LogP contribution in [0.3, 0.4) is 0 Å². The van der Waals surface area contributed by atoms with E-state index in [-0.39, 0.29) is 0 Å².